The predicted octanol–water partition coefficient (Wildman–Crippen LogP) is 4.04. The fraction of sp³-hybridized carbons (Fsp3) is 0.320. The maximum atomic E-state index is 13.9. The molecule has 3 heterocycles. The molecule has 1 N–H and O–H groups in total. The van der Waals surface area contributed by atoms with Crippen LogP contribution in [0.1, 0.15) is 28.0 Å². The number of alkyl halides is 5. The van der Waals surface area contributed by atoms with E-state index in [-0.39, 0.29) is 53.5 Å². The lowest BCUT2D eigenvalue weighted by atomic mass is 9.96. The molecular weight excluding hydrogens is 551 g/mol. The minimum absolute atomic E-state index is 0.0466. The normalized spacial score (nSPS) is 17.5. The Kier molecular flexibility index (Phi) is 6.91. The van der Waals surface area contributed by atoms with E-state index in [1.807, 2.05) is 0 Å². The third kappa shape index (κ3) is 5.38. The minimum Gasteiger partial charge on any atom is -0.493 e. The van der Waals surface area contributed by atoms with Crippen molar-refractivity contribution in [2.75, 3.05) is 19.6 Å². The molecule has 0 spiro atoms. The molecule has 2 aliphatic heterocycles. The second kappa shape index (κ2) is 9.90. The van der Waals surface area contributed by atoms with Crippen LogP contribution in [0.25, 0.3) is 5.57 Å². The number of aromatic hydroxyl groups is 1. The SMILES string of the molecule is O=c1sc(C(Cc2ccc(Cl)cc2C(F)(F)F)=c2ccc3c(c2)C=NN=3)c(O)n1CCN1CCC(F)(F)C1. The fourth-order valence-corrected chi connectivity index (χ4v) is 5.74. The summed E-state index contributed by atoms with van der Waals surface area (Å²) < 4.78 is 69.7. The smallest absolute Gasteiger partial charge is 0.416 e. The Balaban J connectivity index is 1.59. The molecule has 1 saturated heterocycles. The van der Waals surface area contributed by atoms with Crippen LogP contribution in [0, 0.1) is 0 Å². The molecule has 2 aromatic carbocycles. The average Bonchev–Trinajstić information content (AvgIpc) is 3.53. The number of thiazole rings is 1. The van der Waals surface area contributed by atoms with Crippen molar-refractivity contribution in [3.63, 3.8) is 0 Å². The van der Waals surface area contributed by atoms with Crippen LogP contribution in [0.5, 0.6) is 5.88 Å². The Morgan fingerprint density at radius 3 is 2.66 bits per heavy atom. The Bertz CT molecular complexity index is 1610. The van der Waals surface area contributed by atoms with Crippen LogP contribution >= 0.6 is 22.9 Å². The summed E-state index contributed by atoms with van der Waals surface area (Å²) in [6, 6.07) is 8.40. The van der Waals surface area contributed by atoms with Crippen molar-refractivity contribution in [1.82, 2.24) is 9.47 Å². The molecule has 0 atom stereocenters. The summed E-state index contributed by atoms with van der Waals surface area (Å²) in [6.45, 7) is -0.208. The summed E-state index contributed by atoms with van der Waals surface area (Å²) in [6.07, 6.45) is -3.74. The lowest BCUT2D eigenvalue weighted by molar-refractivity contribution is -0.138. The third-order valence-corrected chi connectivity index (χ3v) is 7.78. The van der Waals surface area contributed by atoms with Crippen LogP contribution < -0.4 is 15.4 Å². The van der Waals surface area contributed by atoms with Gasteiger partial charge < -0.3 is 5.11 Å². The molecule has 6 nitrogen and oxygen atoms in total. The predicted molar refractivity (Wildman–Crippen MR) is 134 cm³/mol. The maximum absolute atomic E-state index is 13.9. The van der Waals surface area contributed by atoms with E-state index in [1.165, 1.54) is 23.2 Å². The van der Waals surface area contributed by atoms with Gasteiger partial charge in [-0.25, -0.2) is 8.78 Å². The lowest BCUT2D eigenvalue weighted by Gasteiger charge is -2.16. The zero-order valence-electron chi connectivity index (χ0n) is 19.6. The van der Waals surface area contributed by atoms with E-state index in [9.17, 15) is 31.9 Å². The summed E-state index contributed by atoms with van der Waals surface area (Å²) in [4.78, 5) is 13.9. The van der Waals surface area contributed by atoms with Crippen molar-refractivity contribution < 1.29 is 27.1 Å². The van der Waals surface area contributed by atoms with E-state index in [2.05, 4.69) is 10.2 Å². The first kappa shape index (κ1) is 26.5. The highest BCUT2D eigenvalue weighted by molar-refractivity contribution is 7.10. The van der Waals surface area contributed by atoms with Crippen LogP contribution in [0.4, 0.5) is 22.0 Å². The Labute approximate surface area is 221 Å². The van der Waals surface area contributed by atoms with E-state index < -0.39 is 35.0 Å². The minimum atomic E-state index is -4.69. The number of benzene rings is 2. The van der Waals surface area contributed by atoms with Gasteiger partial charge in [0.2, 0.25) is 5.88 Å². The van der Waals surface area contributed by atoms with Gasteiger partial charge in [-0.1, -0.05) is 35.1 Å². The number of fused-ring (bicyclic) bond motifs is 1. The highest BCUT2D eigenvalue weighted by atomic mass is 35.5. The highest BCUT2D eigenvalue weighted by Crippen LogP contribution is 2.37. The van der Waals surface area contributed by atoms with Crippen LogP contribution in [0.3, 0.4) is 0 Å². The lowest BCUT2D eigenvalue weighted by Crippen LogP contribution is -2.30. The van der Waals surface area contributed by atoms with Gasteiger partial charge in [0.15, 0.2) is 0 Å². The first-order chi connectivity index (χ1) is 17.9. The molecule has 1 fully saturated rings. The van der Waals surface area contributed by atoms with Crippen molar-refractivity contribution in [2.45, 2.75) is 31.5 Å². The first-order valence-electron chi connectivity index (χ1n) is 11.5. The van der Waals surface area contributed by atoms with Gasteiger partial charge in [-0.05, 0) is 40.6 Å². The fourth-order valence-electron chi connectivity index (χ4n) is 4.59. The number of nitrogens with zero attached hydrogens (tertiary/aromatic N) is 4. The van der Waals surface area contributed by atoms with Crippen LogP contribution in [-0.4, -0.2) is 46.3 Å². The molecule has 2 aliphatic rings. The summed E-state index contributed by atoms with van der Waals surface area (Å²) >= 11 is 6.53. The van der Waals surface area contributed by atoms with Gasteiger partial charge in [0.05, 0.1) is 28.6 Å². The van der Waals surface area contributed by atoms with E-state index in [0.717, 1.165) is 10.6 Å². The summed E-state index contributed by atoms with van der Waals surface area (Å²) in [5, 5.41) is 19.8. The Hall–Kier alpha value is -3.09. The third-order valence-electron chi connectivity index (χ3n) is 6.51. The first-order valence-corrected chi connectivity index (χ1v) is 12.7. The number of hydrogen-bond donors (Lipinski definition) is 1. The number of rotatable bonds is 6. The zero-order valence-corrected chi connectivity index (χ0v) is 21.2. The second-order valence-electron chi connectivity index (χ2n) is 9.13. The Morgan fingerprint density at radius 1 is 1.16 bits per heavy atom. The van der Waals surface area contributed by atoms with Crippen LogP contribution in [-0.2, 0) is 19.1 Å². The van der Waals surface area contributed by atoms with E-state index in [1.54, 1.807) is 18.2 Å². The van der Waals surface area contributed by atoms with Gasteiger partial charge >= 0.3 is 11.0 Å². The van der Waals surface area contributed by atoms with Crippen molar-refractivity contribution >= 4 is 34.7 Å². The molecule has 38 heavy (non-hydrogen) atoms. The van der Waals surface area contributed by atoms with Crippen LogP contribution in [0.15, 0.2) is 51.4 Å². The molecule has 200 valence electrons. The van der Waals surface area contributed by atoms with E-state index >= 15 is 0 Å². The molecule has 0 radical (unpaired) electrons. The molecule has 0 bridgehead atoms. The molecule has 0 amide bonds. The summed E-state index contributed by atoms with van der Waals surface area (Å²) in [5.41, 5.74) is -0.108. The van der Waals surface area contributed by atoms with Gasteiger partial charge in [0, 0.05) is 43.1 Å². The van der Waals surface area contributed by atoms with E-state index in [0.29, 0.717) is 27.5 Å². The molecule has 3 aromatic rings. The summed E-state index contributed by atoms with van der Waals surface area (Å²) in [5.74, 6) is -3.23. The number of aromatic nitrogens is 1. The molecule has 0 aliphatic carbocycles. The Morgan fingerprint density at radius 2 is 1.95 bits per heavy atom. The number of likely N-dealkylation sites (tertiary alicyclic amines) is 1. The number of hydrogen-bond acceptors (Lipinski definition) is 6. The van der Waals surface area contributed by atoms with Gasteiger partial charge in [-0.3, -0.25) is 14.3 Å². The maximum Gasteiger partial charge on any atom is 0.416 e. The van der Waals surface area contributed by atoms with Crippen LogP contribution in [0.2, 0.25) is 5.02 Å². The van der Waals surface area contributed by atoms with Gasteiger partial charge in [-0.15, -0.1) is 0 Å². The average molecular weight is 571 g/mol. The molecular formula is C25H20ClF5N4O2S. The van der Waals surface area contributed by atoms with Crippen molar-refractivity contribution in [2.24, 2.45) is 10.2 Å². The van der Waals surface area contributed by atoms with Crippen molar-refractivity contribution in [3.05, 3.63) is 83.2 Å². The van der Waals surface area contributed by atoms with Gasteiger partial charge in [-0.2, -0.15) is 23.4 Å². The quantitative estimate of drug-likeness (QED) is 0.455. The zero-order chi connectivity index (χ0) is 27.2. The molecule has 0 unspecified atom stereocenters. The monoisotopic (exact) mass is 570 g/mol. The van der Waals surface area contributed by atoms with E-state index in [4.69, 9.17) is 11.6 Å². The van der Waals surface area contributed by atoms with Gasteiger partial charge in [0.1, 0.15) is 0 Å². The van der Waals surface area contributed by atoms with Crippen molar-refractivity contribution in [3.8, 4) is 5.88 Å². The standard InChI is InChI=1S/C25H20ClF5N4O2S/c26-17-3-1-15(19(11-17)25(29,30)31)10-18(14-2-4-20-16(9-14)12-32-33-20)21-22(36)35(23(37)38-21)8-7-34-6-5-24(27,28)13-34/h1-4,9,11-12,36H,5-8,10,13H2. The summed E-state index contributed by atoms with van der Waals surface area (Å²) in [7, 11) is 0. The molecule has 1 aromatic heterocycles. The van der Waals surface area contributed by atoms with Gasteiger partial charge in [0.25, 0.3) is 5.92 Å². The largest absolute Gasteiger partial charge is 0.493 e. The molecule has 5 rings (SSSR count). The highest BCUT2D eigenvalue weighted by Gasteiger charge is 2.38. The second-order valence-corrected chi connectivity index (χ2v) is 10.5. The van der Waals surface area contributed by atoms with Crippen molar-refractivity contribution in [1.29, 1.82) is 0 Å². The molecule has 0 saturated carbocycles. The molecule has 13 heteroatoms. The number of halogens is 6. The topological polar surface area (TPSA) is 70.2 Å².